The molecule has 0 spiro atoms. The number of nitrogens with zero attached hydrogens (tertiary/aromatic N) is 6. The van der Waals surface area contributed by atoms with Crippen LogP contribution < -0.4 is 10.2 Å². The fraction of sp³-hybridized carbons (Fsp3) is 0.391. The Hall–Kier alpha value is -3.02. The lowest BCUT2D eigenvalue weighted by molar-refractivity contribution is 0.354. The number of nitrogens with one attached hydrogen (secondary N) is 1. The van der Waals surface area contributed by atoms with Crippen LogP contribution in [0.25, 0.3) is 32.4 Å². The van der Waals surface area contributed by atoms with Gasteiger partial charge in [0.15, 0.2) is 5.13 Å². The van der Waals surface area contributed by atoms with Crippen LogP contribution in [0.2, 0.25) is 0 Å². The topological polar surface area (TPSA) is 82.7 Å². The molecule has 0 saturated carbocycles. The number of aromatic nitrogens is 4. The molecular formula is C23H23N7S. The molecule has 2 aliphatic rings. The number of rotatable bonds is 3. The first-order chi connectivity index (χ1) is 15.1. The largest absolute Gasteiger partial charge is 0.348 e. The second-order valence-corrected chi connectivity index (χ2v) is 9.79. The predicted molar refractivity (Wildman–Crippen MR) is 123 cm³/mol. The number of pyridine rings is 1. The number of thiazole rings is 1. The molecule has 0 amide bonds. The monoisotopic (exact) mass is 429 g/mol. The molecule has 156 valence electrons. The lowest BCUT2D eigenvalue weighted by Crippen LogP contribution is -2.47. The van der Waals surface area contributed by atoms with Gasteiger partial charge < -0.3 is 10.2 Å². The average molecular weight is 430 g/mol. The van der Waals surface area contributed by atoms with Crippen molar-refractivity contribution in [2.24, 2.45) is 7.05 Å². The van der Waals surface area contributed by atoms with Gasteiger partial charge in [0, 0.05) is 49.4 Å². The van der Waals surface area contributed by atoms with E-state index in [0.717, 1.165) is 37.5 Å². The maximum Gasteiger partial charge on any atom is 0.186 e. The fourth-order valence-corrected chi connectivity index (χ4v) is 6.12. The van der Waals surface area contributed by atoms with Crippen LogP contribution >= 0.6 is 11.3 Å². The van der Waals surface area contributed by atoms with Gasteiger partial charge in [0.05, 0.1) is 22.2 Å². The molecular weight excluding hydrogens is 406 g/mol. The van der Waals surface area contributed by atoms with Gasteiger partial charge in [-0.2, -0.15) is 10.4 Å². The van der Waals surface area contributed by atoms with E-state index in [1.165, 1.54) is 25.7 Å². The van der Waals surface area contributed by atoms with Crippen molar-refractivity contribution in [3.05, 3.63) is 36.2 Å². The van der Waals surface area contributed by atoms with Crippen LogP contribution in [0.15, 0.2) is 30.6 Å². The van der Waals surface area contributed by atoms with Crippen molar-refractivity contribution in [1.29, 1.82) is 5.26 Å². The predicted octanol–water partition coefficient (Wildman–Crippen LogP) is 3.84. The highest BCUT2D eigenvalue weighted by Gasteiger charge is 2.35. The Balaban J connectivity index is 1.35. The number of benzene rings is 1. The van der Waals surface area contributed by atoms with Crippen molar-refractivity contribution in [2.45, 2.75) is 43.8 Å². The van der Waals surface area contributed by atoms with Crippen LogP contribution in [0.4, 0.5) is 5.13 Å². The van der Waals surface area contributed by atoms with Crippen LogP contribution in [-0.4, -0.2) is 44.9 Å². The van der Waals surface area contributed by atoms with Gasteiger partial charge in [-0.05, 0) is 43.9 Å². The number of aryl methyl sites for hydroxylation is 1. The molecule has 1 N–H and O–H groups in total. The van der Waals surface area contributed by atoms with Crippen LogP contribution in [0.3, 0.4) is 0 Å². The van der Waals surface area contributed by atoms with Gasteiger partial charge in [-0.15, -0.1) is 0 Å². The van der Waals surface area contributed by atoms with Crippen LogP contribution in [0.5, 0.6) is 0 Å². The number of fused-ring (bicyclic) bond motifs is 4. The SMILES string of the molecule is CN(c1nc2cnc(-c3cc(C#N)c4nn(C)cc4c3)cc2s1)C1C[C@H]2CC[C@@H](C1)N2. The molecule has 2 bridgehead atoms. The first-order valence-electron chi connectivity index (χ1n) is 10.7. The summed E-state index contributed by atoms with van der Waals surface area (Å²) >= 11 is 1.72. The summed E-state index contributed by atoms with van der Waals surface area (Å²) in [6, 6.07) is 10.2. The van der Waals surface area contributed by atoms with Crippen molar-refractivity contribution >= 4 is 37.6 Å². The van der Waals surface area contributed by atoms with E-state index in [1.54, 1.807) is 16.0 Å². The molecule has 4 aromatic rings. The van der Waals surface area contributed by atoms with E-state index >= 15 is 0 Å². The minimum atomic E-state index is 0.540. The zero-order chi connectivity index (χ0) is 21.1. The minimum Gasteiger partial charge on any atom is -0.348 e. The smallest absolute Gasteiger partial charge is 0.186 e. The van der Waals surface area contributed by atoms with E-state index in [4.69, 9.17) is 4.98 Å². The van der Waals surface area contributed by atoms with E-state index in [2.05, 4.69) is 45.5 Å². The highest BCUT2D eigenvalue weighted by atomic mass is 32.1. The molecule has 3 aromatic heterocycles. The Morgan fingerprint density at radius 2 is 2.03 bits per heavy atom. The van der Waals surface area contributed by atoms with Gasteiger partial charge in [0.2, 0.25) is 0 Å². The zero-order valence-electron chi connectivity index (χ0n) is 17.5. The van der Waals surface area contributed by atoms with Crippen molar-refractivity contribution in [3.8, 4) is 17.3 Å². The van der Waals surface area contributed by atoms with Gasteiger partial charge in [0.1, 0.15) is 17.1 Å². The van der Waals surface area contributed by atoms with Gasteiger partial charge >= 0.3 is 0 Å². The van der Waals surface area contributed by atoms with Crippen LogP contribution in [0.1, 0.15) is 31.2 Å². The summed E-state index contributed by atoms with van der Waals surface area (Å²) in [5.41, 5.74) is 4.01. The lowest BCUT2D eigenvalue weighted by atomic mass is 9.99. The third-order valence-electron chi connectivity index (χ3n) is 6.70. The highest BCUT2D eigenvalue weighted by Crippen LogP contribution is 2.36. The van der Waals surface area contributed by atoms with E-state index in [0.29, 0.717) is 23.7 Å². The Labute approximate surface area is 184 Å². The minimum absolute atomic E-state index is 0.540. The van der Waals surface area contributed by atoms with Gasteiger partial charge in [-0.25, -0.2) is 4.98 Å². The molecule has 5 heterocycles. The first kappa shape index (κ1) is 18.7. The van der Waals surface area contributed by atoms with Crippen molar-refractivity contribution in [3.63, 3.8) is 0 Å². The maximum absolute atomic E-state index is 9.58. The van der Waals surface area contributed by atoms with E-state index in [9.17, 15) is 5.26 Å². The molecule has 31 heavy (non-hydrogen) atoms. The summed E-state index contributed by atoms with van der Waals surface area (Å²) in [5.74, 6) is 0. The fourth-order valence-electron chi connectivity index (χ4n) is 5.12. The first-order valence-corrected chi connectivity index (χ1v) is 11.5. The zero-order valence-corrected chi connectivity index (χ0v) is 18.4. The number of hydrogen-bond acceptors (Lipinski definition) is 7. The number of hydrogen-bond donors (Lipinski definition) is 1. The third-order valence-corrected chi connectivity index (χ3v) is 7.81. The number of piperidine rings is 1. The molecule has 0 aliphatic carbocycles. The van der Waals surface area contributed by atoms with Crippen molar-refractivity contribution < 1.29 is 0 Å². The quantitative estimate of drug-likeness (QED) is 0.533. The molecule has 3 atom stereocenters. The van der Waals surface area contributed by atoms with Crippen molar-refractivity contribution in [1.82, 2.24) is 25.1 Å². The summed E-state index contributed by atoms with van der Waals surface area (Å²) in [6.45, 7) is 0. The van der Waals surface area contributed by atoms with Crippen LogP contribution in [-0.2, 0) is 7.05 Å². The summed E-state index contributed by atoms with van der Waals surface area (Å²) in [4.78, 5) is 11.9. The lowest BCUT2D eigenvalue weighted by Gasteiger charge is -2.35. The molecule has 0 radical (unpaired) electrons. The molecule has 6 rings (SSSR count). The Kier molecular flexibility index (Phi) is 4.23. The Bertz CT molecular complexity index is 1340. The third kappa shape index (κ3) is 3.16. The summed E-state index contributed by atoms with van der Waals surface area (Å²) in [5, 5.41) is 19.7. The molecule has 1 unspecified atom stereocenters. The maximum atomic E-state index is 9.58. The van der Waals surface area contributed by atoms with Gasteiger partial charge in [-0.3, -0.25) is 9.67 Å². The number of anilines is 1. The average Bonchev–Trinajstić information content (AvgIpc) is 3.46. The standard InChI is InChI=1S/C23H23N7S/c1-29-12-15-6-13(5-14(10-24)22(15)28-29)19-9-21-20(11-25-19)27-23(31-21)30(2)18-7-16-3-4-17(8-18)26-16/h5-6,9,11-12,16-18,26H,3-4,7-8H2,1-2H3/t16-,17+,18?. The molecule has 2 aliphatic heterocycles. The van der Waals surface area contributed by atoms with E-state index in [1.807, 2.05) is 25.5 Å². The normalized spacial score (nSPS) is 22.8. The second kappa shape index (κ2) is 7.01. The summed E-state index contributed by atoms with van der Waals surface area (Å²) < 4.78 is 2.86. The van der Waals surface area contributed by atoms with E-state index in [-0.39, 0.29) is 0 Å². The number of nitriles is 1. The summed E-state index contributed by atoms with van der Waals surface area (Å²) in [6.07, 6.45) is 8.76. The Morgan fingerprint density at radius 3 is 2.81 bits per heavy atom. The van der Waals surface area contributed by atoms with E-state index < -0.39 is 0 Å². The molecule has 2 saturated heterocycles. The molecule has 7 nitrogen and oxygen atoms in total. The molecule has 2 fully saturated rings. The summed E-state index contributed by atoms with van der Waals surface area (Å²) in [7, 11) is 4.05. The van der Waals surface area contributed by atoms with Gasteiger partial charge in [0.25, 0.3) is 0 Å². The highest BCUT2D eigenvalue weighted by molar-refractivity contribution is 7.22. The molecule has 1 aromatic carbocycles. The second-order valence-electron chi connectivity index (χ2n) is 8.78. The molecule has 8 heteroatoms. The van der Waals surface area contributed by atoms with Crippen LogP contribution in [0, 0.1) is 11.3 Å². The Morgan fingerprint density at radius 1 is 1.23 bits per heavy atom. The van der Waals surface area contributed by atoms with Gasteiger partial charge in [-0.1, -0.05) is 11.3 Å². The van der Waals surface area contributed by atoms with Crippen molar-refractivity contribution in [2.75, 3.05) is 11.9 Å².